The van der Waals surface area contributed by atoms with Crippen LogP contribution in [0.3, 0.4) is 0 Å². The highest BCUT2D eigenvalue weighted by molar-refractivity contribution is 5.36. The lowest BCUT2D eigenvalue weighted by Gasteiger charge is -2.08. The first-order valence-electron chi connectivity index (χ1n) is 4.26. The summed E-state index contributed by atoms with van der Waals surface area (Å²) in [5.41, 5.74) is 1.25. The zero-order chi connectivity index (χ0) is 8.39. The van der Waals surface area contributed by atoms with Gasteiger partial charge in [-0.1, -0.05) is 18.2 Å². The van der Waals surface area contributed by atoms with Crippen molar-refractivity contribution in [2.45, 2.75) is 19.6 Å². The van der Waals surface area contributed by atoms with Crippen molar-refractivity contribution in [1.29, 1.82) is 0 Å². The summed E-state index contributed by atoms with van der Waals surface area (Å²) in [6.07, 6.45) is 0.816. The first-order chi connectivity index (χ1) is 5.90. The van der Waals surface area contributed by atoms with Crippen LogP contribution in [0.1, 0.15) is 12.5 Å². The van der Waals surface area contributed by atoms with Gasteiger partial charge in [0.25, 0.3) is 0 Å². The molecule has 0 radical (unpaired) electrons. The average molecular weight is 164 g/mol. The van der Waals surface area contributed by atoms with E-state index in [0.717, 1.165) is 12.2 Å². The summed E-state index contributed by atoms with van der Waals surface area (Å²) in [5, 5.41) is 0. The van der Waals surface area contributed by atoms with E-state index in [4.69, 9.17) is 9.47 Å². The summed E-state index contributed by atoms with van der Waals surface area (Å²) < 4.78 is 10.9. The van der Waals surface area contributed by atoms with Crippen molar-refractivity contribution >= 4 is 0 Å². The van der Waals surface area contributed by atoms with E-state index >= 15 is 0 Å². The van der Waals surface area contributed by atoms with Crippen molar-refractivity contribution in [3.63, 3.8) is 0 Å². The third-order valence-corrected chi connectivity index (χ3v) is 1.97. The van der Waals surface area contributed by atoms with E-state index < -0.39 is 0 Å². The summed E-state index contributed by atoms with van der Waals surface area (Å²) in [6.45, 7) is 2.69. The van der Waals surface area contributed by atoms with Crippen molar-refractivity contribution in [2.24, 2.45) is 0 Å². The average Bonchev–Trinajstić information content (AvgIpc) is 2.47. The molecule has 0 aromatic heterocycles. The topological polar surface area (TPSA) is 18.5 Å². The van der Waals surface area contributed by atoms with Crippen LogP contribution in [0.15, 0.2) is 24.3 Å². The van der Waals surface area contributed by atoms with Crippen LogP contribution in [-0.4, -0.2) is 12.9 Å². The highest BCUT2D eigenvalue weighted by atomic mass is 16.7. The number of para-hydroxylation sites is 1. The summed E-state index contributed by atoms with van der Waals surface area (Å²) in [6, 6.07) is 8.06. The van der Waals surface area contributed by atoms with Gasteiger partial charge in [0.2, 0.25) is 6.29 Å². The van der Waals surface area contributed by atoms with E-state index in [1.54, 1.807) is 0 Å². The van der Waals surface area contributed by atoms with E-state index in [1.165, 1.54) is 5.56 Å². The first kappa shape index (κ1) is 7.62. The normalized spacial score (nSPS) is 20.2. The number of fused-ring (bicyclic) bond motifs is 1. The fourth-order valence-corrected chi connectivity index (χ4v) is 1.43. The fraction of sp³-hybridized carbons (Fsp3) is 0.400. The van der Waals surface area contributed by atoms with Crippen molar-refractivity contribution in [3.05, 3.63) is 29.8 Å². The SMILES string of the molecule is CCOC1Cc2ccccc2O1. The van der Waals surface area contributed by atoms with Crippen LogP contribution in [0.25, 0.3) is 0 Å². The molecule has 2 rings (SSSR count). The summed E-state index contributed by atoms with van der Waals surface area (Å²) in [7, 11) is 0. The van der Waals surface area contributed by atoms with Gasteiger partial charge < -0.3 is 9.47 Å². The number of benzene rings is 1. The maximum absolute atomic E-state index is 5.53. The van der Waals surface area contributed by atoms with Crippen LogP contribution in [0.4, 0.5) is 0 Å². The van der Waals surface area contributed by atoms with Crippen LogP contribution in [0.2, 0.25) is 0 Å². The molecule has 64 valence electrons. The number of hydrogen-bond acceptors (Lipinski definition) is 2. The van der Waals surface area contributed by atoms with Crippen molar-refractivity contribution in [3.8, 4) is 5.75 Å². The van der Waals surface area contributed by atoms with Crippen LogP contribution >= 0.6 is 0 Å². The molecule has 0 N–H and O–H groups in total. The Balaban J connectivity index is 2.11. The first-order valence-corrected chi connectivity index (χ1v) is 4.26. The molecule has 1 heterocycles. The highest BCUT2D eigenvalue weighted by Gasteiger charge is 2.21. The minimum Gasteiger partial charge on any atom is -0.464 e. The standard InChI is InChI=1S/C10H12O2/c1-2-11-10-7-8-5-3-4-6-9(8)12-10/h3-6,10H,2,7H2,1H3. The molecular formula is C10H12O2. The van der Waals surface area contributed by atoms with Crippen LogP contribution < -0.4 is 4.74 Å². The zero-order valence-corrected chi connectivity index (χ0v) is 7.12. The van der Waals surface area contributed by atoms with Gasteiger partial charge in [-0.15, -0.1) is 0 Å². The molecule has 1 aliphatic heterocycles. The molecule has 0 amide bonds. The van der Waals surface area contributed by atoms with Crippen molar-refractivity contribution < 1.29 is 9.47 Å². The minimum absolute atomic E-state index is 0.0626. The molecule has 12 heavy (non-hydrogen) atoms. The van der Waals surface area contributed by atoms with Gasteiger partial charge >= 0.3 is 0 Å². The van der Waals surface area contributed by atoms with Crippen LogP contribution in [-0.2, 0) is 11.2 Å². The molecule has 1 unspecified atom stereocenters. The maximum Gasteiger partial charge on any atom is 0.204 e. The Hall–Kier alpha value is -1.02. The Morgan fingerprint density at radius 3 is 3.08 bits per heavy atom. The van der Waals surface area contributed by atoms with Gasteiger partial charge in [-0.25, -0.2) is 0 Å². The molecule has 1 aromatic rings. The maximum atomic E-state index is 5.53. The summed E-state index contributed by atoms with van der Waals surface area (Å²) >= 11 is 0. The zero-order valence-electron chi connectivity index (χ0n) is 7.12. The number of rotatable bonds is 2. The Kier molecular flexibility index (Phi) is 2.00. The Labute approximate surface area is 72.1 Å². The van der Waals surface area contributed by atoms with E-state index in [1.807, 2.05) is 25.1 Å². The molecule has 0 saturated heterocycles. The Morgan fingerprint density at radius 1 is 1.50 bits per heavy atom. The third-order valence-electron chi connectivity index (χ3n) is 1.97. The Bertz CT molecular complexity index is 245. The molecule has 1 aliphatic rings. The van der Waals surface area contributed by atoms with Gasteiger partial charge in [0.1, 0.15) is 5.75 Å². The molecule has 2 heteroatoms. The molecule has 1 aromatic carbocycles. The van der Waals surface area contributed by atoms with Gasteiger partial charge in [-0.3, -0.25) is 0 Å². The molecule has 0 spiro atoms. The molecular weight excluding hydrogens is 152 g/mol. The van der Waals surface area contributed by atoms with E-state index in [2.05, 4.69) is 6.07 Å². The van der Waals surface area contributed by atoms with Gasteiger partial charge in [0, 0.05) is 18.6 Å². The number of hydrogen-bond donors (Lipinski definition) is 0. The molecule has 0 saturated carbocycles. The lowest BCUT2D eigenvalue weighted by atomic mass is 10.2. The molecule has 2 nitrogen and oxygen atoms in total. The molecule has 0 bridgehead atoms. The van der Waals surface area contributed by atoms with Crippen LogP contribution in [0, 0.1) is 0 Å². The second kappa shape index (κ2) is 3.15. The van der Waals surface area contributed by atoms with Gasteiger partial charge in [-0.05, 0) is 13.0 Å². The van der Waals surface area contributed by atoms with Gasteiger partial charge in [0.05, 0.1) is 0 Å². The fourth-order valence-electron chi connectivity index (χ4n) is 1.43. The summed E-state index contributed by atoms with van der Waals surface area (Å²) in [4.78, 5) is 0. The minimum atomic E-state index is -0.0626. The monoisotopic (exact) mass is 164 g/mol. The predicted octanol–water partition coefficient (Wildman–Crippen LogP) is 1.98. The lowest BCUT2D eigenvalue weighted by molar-refractivity contribution is -0.0602. The van der Waals surface area contributed by atoms with Gasteiger partial charge in [-0.2, -0.15) is 0 Å². The van der Waals surface area contributed by atoms with E-state index in [-0.39, 0.29) is 6.29 Å². The number of ether oxygens (including phenoxy) is 2. The highest BCUT2D eigenvalue weighted by Crippen LogP contribution is 2.28. The second-order valence-corrected chi connectivity index (χ2v) is 2.81. The Morgan fingerprint density at radius 2 is 2.33 bits per heavy atom. The second-order valence-electron chi connectivity index (χ2n) is 2.81. The molecule has 0 fully saturated rings. The lowest BCUT2D eigenvalue weighted by Crippen LogP contribution is -2.16. The molecule has 0 aliphatic carbocycles. The predicted molar refractivity (Wildman–Crippen MR) is 46.2 cm³/mol. The van der Waals surface area contributed by atoms with Gasteiger partial charge in [0.15, 0.2) is 0 Å². The van der Waals surface area contributed by atoms with Crippen molar-refractivity contribution in [1.82, 2.24) is 0 Å². The van der Waals surface area contributed by atoms with E-state index in [9.17, 15) is 0 Å². The quantitative estimate of drug-likeness (QED) is 0.665. The molecule has 1 atom stereocenters. The van der Waals surface area contributed by atoms with E-state index in [0.29, 0.717) is 6.61 Å². The largest absolute Gasteiger partial charge is 0.464 e. The van der Waals surface area contributed by atoms with Crippen LogP contribution in [0.5, 0.6) is 5.75 Å². The third kappa shape index (κ3) is 1.30. The smallest absolute Gasteiger partial charge is 0.204 e. The summed E-state index contributed by atoms with van der Waals surface area (Å²) in [5.74, 6) is 0.968. The van der Waals surface area contributed by atoms with Crippen molar-refractivity contribution in [2.75, 3.05) is 6.61 Å².